The maximum Gasteiger partial charge on any atom is 0.0541 e. The van der Waals surface area contributed by atoms with E-state index >= 15 is 0 Å². The van der Waals surface area contributed by atoms with E-state index in [1.165, 1.54) is 89.1 Å². The molecular weight excluding hydrogens is 761 g/mol. The third kappa shape index (κ3) is 6.15. The molecule has 2 heteroatoms. The van der Waals surface area contributed by atoms with Crippen LogP contribution in [0.3, 0.4) is 0 Å². The Bertz CT molecular complexity index is 3170. The zero-order valence-electron chi connectivity index (χ0n) is 35.3. The van der Waals surface area contributed by atoms with Gasteiger partial charge in [0.25, 0.3) is 0 Å². The molecule has 0 saturated carbocycles. The minimum Gasteiger partial charge on any atom is -0.314 e. The zero-order chi connectivity index (χ0) is 41.7. The molecule has 8 aromatic rings. The Balaban J connectivity index is 0.999. The summed E-state index contributed by atoms with van der Waals surface area (Å²) in [7, 11) is 0. The predicted molar refractivity (Wildman–Crippen MR) is 265 cm³/mol. The van der Waals surface area contributed by atoms with Crippen molar-refractivity contribution in [2.24, 2.45) is 5.92 Å². The molecule has 0 radical (unpaired) electrons. The molecule has 1 aromatic heterocycles. The number of allylic oxidation sites excluding steroid dienone is 12. The van der Waals surface area contributed by atoms with Gasteiger partial charge in [0, 0.05) is 45.4 Å². The molecule has 2 nitrogen and oxygen atoms in total. The van der Waals surface area contributed by atoms with E-state index in [-0.39, 0.29) is 17.3 Å². The Morgan fingerprint density at radius 1 is 0.540 bits per heavy atom. The van der Waals surface area contributed by atoms with Gasteiger partial charge in [-0.3, -0.25) is 0 Å². The quantitative estimate of drug-likeness (QED) is 0.148. The lowest BCUT2D eigenvalue weighted by Gasteiger charge is -2.39. The molecule has 2 unspecified atom stereocenters. The van der Waals surface area contributed by atoms with Crippen LogP contribution in [-0.2, 0) is 5.41 Å². The Labute approximate surface area is 370 Å². The predicted octanol–water partition coefficient (Wildman–Crippen LogP) is 15.6. The van der Waals surface area contributed by atoms with Crippen molar-refractivity contribution in [3.63, 3.8) is 0 Å². The van der Waals surface area contributed by atoms with E-state index in [0.29, 0.717) is 0 Å². The summed E-state index contributed by atoms with van der Waals surface area (Å²) < 4.78 is 2.40. The topological polar surface area (TPSA) is 8.17 Å². The van der Waals surface area contributed by atoms with Gasteiger partial charge < -0.3 is 9.47 Å². The third-order valence-electron chi connectivity index (χ3n) is 14.1. The molecule has 63 heavy (non-hydrogen) atoms. The van der Waals surface area contributed by atoms with Crippen molar-refractivity contribution in [2.45, 2.75) is 37.0 Å². The molecule has 0 N–H and O–H groups in total. The molecule has 302 valence electrons. The van der Waals surface area contributed by atoms with Crippen LogP contribution >= 0.6 is 0 Å². The fraction of sp³-hybridized carbons (Fsp3) is 0.115. The summed E-state index contributed by atoms with van der Waals surface area (Å²) in [6.07, 6.45) is 25.2. The molecular formula is C61H48N2. The van der Waals surface area contributed by atoms with Crippen molar-refractivity contribution in [2.75, 3.05) is 4.90 Å². The van der Waals surface area contributed by atoms with Crippen LogP contribution in [0.5, 0.6) is 0 Å². The van der Waals surface area contributed by atoms with Crippen LogP contribution in [0, 0.1) is 5.92 Å². The molecule has 0 amide bonds. The van der Waals surface area contributed by atoms with Crippen LogP contribution in [0.15, 0.2) is 236 Å². The largest absolute Gasteiger partial charge is 0.314 e. The number of hydrogen-bond donors (Lipinski definition) is 0. The van der Waals surface area contributed by atoms with E-state index in [2.05, 4.69) is 240 Å². The van der Waals surface area contributed by atoms with Gasteiger partial charge in [0.2, 0.25) is 0 Å². The number of rotatable bonds is 8. The second-order valence-electron chi connectivity index (χ2n) is 17.4. The van der Waals surface area contributed by atoms with E-state index in [0.717, 1.165) is 25.7 Å². The molecule has 0 aliphatic heterocycles. The highest BCUT2D eigenvalue weighted by Gasteiger charge is 2.53. The van der Waals surface area contributed by atoms with E-state index in [4.69, 9.17) is 0 Å². The Morgan fingerprint density at radius 2 is 1.22 bits per heavy atom. The summed E-state index contributed by atoms with van der Waals surface area (Å²) in [6.45, 7) is 0. The first kappa shape index (κ1) is 37.4. The van der Waals surface area contributed by atoms with Gasteiger partial charge in [0.15, 0.2) is 0 Å². The van der Waals surface area contributed by atoms with Crippen molar-refractivity contribution < 1.29 is 0 Å². The van der Waals surface area contributed by atoms with Gasteiger partial charge >= 0.3 is 0 Å². The highest BCUT2D eigenvalue weighted by Crippen LogP contribution is 2.60. The minimum absolute atomic E-state index is 0.251. The average molecular weight is 809 g/mol. The number of benzene rings is 7. The zero-order valence-corrected chi connectivity index (χ0v) is 35.3. The van der Waals surface area contributed by atoms with Crippen LogP contribution < -0.4 is 4.90 Å². The highest BCUT2D eigenvalue weighted by molar-refractivity contribution is 6.10. The first-order valence-corrected chi connectivity index (χ1v) is 22.6. The van der Waals surface area contributed by atoms with Crippen molar-refractivity contribution in [1.82, 2.24) is 4.57 Å². The SMILES string of the molecule is C1=CC2c3ccc(N(C4=CC=C(c5ccc6c(c5)c5ccccc5n6-c5ccccc5)CC4)c4ccc(C5=CCCC=C5)cc4)cc3C(c3ccccc3)(c3ccccc3)C2C=C1. The van der Waals surface area contributed by atoms with E-state index in [1.807, 2.05) is 0 Å². The number of nitrogens with zero attached hydrogens (tertiary/aromatic N) is 2. The van der Waals surface area contributed by atoms with Crippen molar-refractivity contribution in [1.29, 1.82) is 0 Å². The smallest absolute Gasteiger partial charge is 0.0541 e. The highest BCUT2D eigenvalue weighted by atomic mass is 15.1. The van der Waals surface area contributed by atoms with Gasteiger partial charge in [0.05, 0.1) is 16.4 Å². The molecule has 0 spiro atoms. The second kappa shape index (κ2) is 15.5. The maximum absolute atomic E-state index is 2.54. The van der Waals surface area contributed by atoms with Crippen LogP contribution in [-0.4, -0.2) is 4.57 Å². The summed E-state index contributed by atoms with van der Waals surface area (Å²) in [5.74, 6) is 0.531. The van der Waals surface area contributed by atoms with Crippen molar-refractivity contribution >= 4 is 44.3 Å². The molecule has 4 aliphatic carbocycles. The number of para-hydroxylation sites is 2. The van der Waals surface area contributed by atoms with Gasteiger partial charge in [-0.1, -0.05) is 170 Å². The first-order chi connectivity index (χ1) is 31.3. The molecule has 0 bridgehead atoms. The third-order valence-corrected chi connectivity index (χ3v) is 14.1. The van der Waals surface area contributed by atoms with Gasteiger partial charge in [-0.2, -0.15) is 0 Å². The summed E-state index contributed by atoms with van der Waals surface area (Å²) in [6, 6.07) is 65.7. The normalized spacial score (nSPS) is 18.4. The van der Waals surface area contributed by atoms with E-state index in [9.17, 15) is 0 Å². The maximum atomic E-state index is 2.54. The van der Waals surface area contributed by atoms with E-state index < -0.39 is 0 Å². The second-order valence-corrected chi connectivity index (χ2v) is 17.4. The summed E-state index contributed by atoms with van der Waals surface area (Å²) in [5, 5.41) is 2.57. The van der Waals surface area contributed by atoms with Crippen molar-refractivity contribution in [3.8, 4) is 5.69 Å². The van der Waals surface area contributed by atoms with Gasteiger partial charge in [-0.15, -0.1) is 0 Å². The Hall–Kier alpha value is -7.42. The lowest BCUT2D eigenvalue weighted by atomic mass is 9.63. The van der Waals surface area contributed by atoms with Crippen LogP contribution in [0.2, 0.25) is 0 Å². The Morgan fingerprint density at radius 3 is 1.95 bits per heavy atom. The monoisotopic (exact) mass is 808 g/mol. The lowest BCUT2D eigenvalue weighted by Crippen LogP contribution is -2.35. The molecule has 7 aromatic carbocycles. The average Bonchev–Trinajstić information content (AvgIpc) is 3.86. The molecule has 0 saturated heterocycles. The van der Waals surface area contributed by atoms with Crippen LogP contribution in [0.25, 0.3) is 38.6 Å². The number of hydrogen-bond acceptors (Lipinski definition) is 1. The first-order valence-electron chi connectivity index (χ1n) is 22.6. The lowest BCUT2D eigenvalue weighted by molar-refractivity contribution is 0.457. The molecule has 4 aliphatic rings. The standard InChI is InChI=1S/C61H48N2/c1-5-17-43(18-6-1)44-29-34-50(35-30-44)62(51-36-31-45(32-37-51)46-33-40-60-56(41-46)55-26-14-16-28-59(55)63(60)49-23-11-4-12-24-49)52-38-39-54-53-25-13-15-27-57(53)61(58(54)42-52,47-19-7-2-8-20-47)48-21-9-3-10-22-48/h2-5,7-31,33-36,38-42,53,57H,1,6,32,37H2. The fourth-order valence-electron chi connectivity index (χ4n) is 11.3. The molecule has 2 atom stereocenters. The molecule has 0 fully saturated rings. The summed E-state index contributed by atoms with van der Waals surface area (Å²) >= 11 is 0. The van der Waals surface area contributed by atoms with E-state index in [1.54, 1.807) is 0 Å². The van der Waals surface area contributed by atoms with Gasteiger partial charge in [0.1, 0.15) is 0 Å². The van der Waals surface area contributed by atoms with Crippen LogP contribution in [0.1, 0.15) is 65.0 Å². The van der Waals surface area contributed by atoms with Gasteiger partial charge in [-0.25, -0.2) is 0 Å². The summed E-state index contributed by atoms with van der Waals surface area (Å²) in [5.41, 5.74) is 17.7. The molecule has 12 rings (SSSR count). The van der Waals surface area contributed by atoms with Gasteiger partial charge in [-0.05, 0) is 131 Å². The fourth-order valence-corrected chi connectivity index (χ4v) is 11.3. The Kier molecular flexibility index (Phi) is 9.18. The number of aromatic nitrogens is 1. The van der Waals surface area contributed by atoms with Crippen molar-refractivity contribution in [3.05, 3.63) is 270 Å². The number of anilines is 2. The number of fused-ring (bicyclic) bond motifs is 6. The summed E-state index contributed by atoms with van der Waals surface area (Å²) in [4.78, 5) is 2.54. The molecule has 1 heterocycles. The van der Waals surface area contributed by atoms with Crippen LogP contribution in [0.4, 0.5) is 11.4 Å². The minimum atomic E-state index is -0.356.